The maximum absolute atomic E-state index is 13.0. The Balaban J connectivity index is 1.39. The van der Waals surface area contributed by atoms with Crippen molar-refractivity contribution < 1.29 is 14.4 Å². The lowest BCUT2D eigenvalue weighted by Gasteiger charge is -2.37. The van der Waals surface area contributed by atoms with Crippen LogP contribution >= 0.6 is 0 Å². The Hall–Kier alpha value is -2.37. The molecule has 2 saturated heterocycles. The van der Waals surface area contributed by atoms with Crippen molar-refractivity contribution >= 4 is 17.7 Å². The fraction of sp³-hybridized carbons (Fsp3) is 0.591. The minimum absolute atomic E-state index is 0.0117. The van der Waals surface area contributed by atoms with Crippen molar-refractivity contribution in [1.29, 1.82) is 0 Å². The highest BCUT2D eigenvalue weighted by atomic mass is 16.2. The van der Waals surface area contributed by atoms with E-state index in [1.807, 2.05) is 35.2 Å². The van der Waals surface area contributed by atoms with Crippen LogP contribution in [0.3, 0.4) is 0 Å². The standard InChI is InChI=1S/C22H29N3O3/c1-24-18(19(26)23-17-9-5-6-10-17)15-22(21(24)28)11-13-25(14-12-22)20(27)16-7-3-2-4-8-16/h2-4,7-8,17-18H,5-6,9-15H2,1H3,(H,23,26). The maximum atomic E-state index is 13.0. The van der Waals surface area contributed by atoms with Crippen molar-refractivity contribution in [2.75, 3.05) is 20.1 Å². The van der Waals surface area contributed by atoms with E-state index in [0.29, 0.717) is 37.9 Å². The number of carbonyl (C=O) groups excluding carboxylic acids is 3. The van der Waals surface area contributed by atoms with Crippen LogP contribution in [0.5, 0.6) is 0 Å². The Morgan fingerprint density at radius 1 is 1.07 bits per heavy atom. The molecule has 0 bridgehead atoms. The molecule has 1 aromatic rings. The zero-order valence-corrected chi connectivity index (χ0v) is 16.5. The number of likely N-dealkylation sites (N-methyl/N-ethyl adjacent to an activating group) is 1. The van der Waals surface area contributed by atoms with E-state index in [0.717, 1.165) is 12.8 Å². The molecule has 28 heavy (non-hydrogen) atoms. The molecule has 3 fully saturated rings. The summed E-state index contributed by atoms with van der Waals surface area (Å²) >= 11 is 0. The van der Waals surface area contributed by atoms with Gasteiger partial charge in [-0.25, -0.2) is 0 Å². The average Bonchev–Trinajstić information content (AvgIpc) is 3.32. The number of nitrogens with zero attached hydrogens (tertiary/aromatic N) is 2. The van der Waals surface area contributed by atoms with E-state index in [9.17, 15) is 14.4 Å². The van der Waals surface area contributed by atoms with Crippen LogP contribution in [0.2, 0.25) is 0 Å². The van der Waals surface area contributed by atoms with E-state index in [4.69, 9.17) is 0 Å². The molecule has 3 amide bonds. The molecule has 6 heteroatoms. The van der Waals surface area contributed by atoms with Crippen molar-refractivity contribution in [1.82, 2.24) is 15.1 Å². The second-order valence-electron chi connectivity index (χ2n) is 8.56. The SMILES string of the molecule is CN1C(=O)C2(CCN(C(=O)c3ccccc3)CC2)CC1C(=O)NC1CCCC1. The van der Waals surface area contributed by atoms with E-state index < -0.39 is 5.41 Å². The van der Waals surface area contributed by atoms with Gasteiger partial charge in [0.2, 0.25) is 11.8 Å². The van der Waals surface area contributed by atoms with Crippen LogP contribution in [0.25, 0.3) is 0 Å². The minimum Gasteiger partial charge on any atom is -0.352 e. The molecular formula is C22H29N3O3. The van der Waals surface area contributed by atoms with Gasteiger partial charge in [0.1, 0.15) is 6.04 Å². The topological polar surface area (TPSA) is 69.7 Å². The summed E-state index contributed by atoms with van der Waals surface area (Å²) in [5, 5.41) is 3.14. The summed E-state index contributed by atoms with van der Waals surface area (Å²) in [5.41, 5.74) is 0.182. The highest BCUT2D eigenvalue weighted by molar-refractivity contribution is 5.96. The van der Waals surface area contributed by atoms with Crippen molar-refractivity contribution in [2.24, 2.45) is 5.41 Å². The Kier molecular flexibility index (Phi) is 5.13. The summed E-state index contributed by atoms with van der Waals surface area (Å²) in [6.07, 6.45) is 6.23. The van der Waals surface area contributed by atoms with Crippen LogP contribution in [0.4, 0.5) is 0 Å². The number of piperidine rings is 1. The quantitative estimate of drug-likeness (QED) is 0.870. The number of amides is 3. The first kappa shape index (κ1) is 19.0. The van der Waals surface area contributed by atoms with Gasteiger partial charge in [-0.05, 0) is 44.2 Å². The normalized spacial score (nSPS) is 24.8. The van der Waals surface area contributed by atoms with Gasteiger partial charge in [0.15, 0.2) is 0 Å². The smallest absolute Gasteiger partial charge is 0.253 e. The van der Waals surface area contributed by atoms with Crippen LogP contribution in [-0.2, 0) is 9.59 Å². The summed E-state index contributed by atoms with van der Waals surface area (Å²) in [6, 6.07) is 9.15. The third kappa shape index (κ3) is 3.40. The predicted octanol–water partition coefficient (Wildman–Crippen LogP) is 2.20. The number of hydrogen-bond acceptors (Lipinski definition) is 3. The summed E-state index contributed by atoms with van der Waals surface area (Å²) in [5.74, 6) is 0.0677. The number of rotatable bonds is 3. The van der Waals surface area contributed by atoms with Gasteiger partial charge in [-0.1, -0.05) is 31.0 Å². The first-order valence-electron chi connectivity index (χ1n) is 10.4. The third-order valence-corrected chi connectivity index (χ3v) is 6.86. The summed E-state index contributed by atoms with van der Waals surface area (Å²) in [6.45, 7) is 1.12. The van der Waals surface area contributed by atoms with Crippen LogP contribution in [-0.4, -0.2) is 59.7 Å². The molecular weight excluding hydrogens is 354 g/mol. The molecule has 0 aromatic heterocycles. The van der Waals surface area contributed by atoms with E-state index >= 15 is 0 Å². The van der Waals surface area contributed by atoms with Gasteiger partial charge in [-0.15, -0.1) is 0 Å². The van der Waals surface area contributed by atoms with Gasteiger partial charge >= 0.3 is 0 Å². The Morgan fingerprint density at radius 3 is 2.36 bits per heavy atom. The number of benzene rings is 1. The van der Waals surface area contributed by atoms with Gasteiger partial charge in [0.25, 0.3) is 5.91 Å². The van der Waals surface area contributed by atoms with Crippen molar-refractivity contribution in [3.05, 3.63) is 35.9 Å². The first-order valence-corrected chi connectivity index (χ1v) is 10.4. The molecule has 1 saturated carbocycles. The fourth-order valence-corrected chi connectivity index (χ4v) is 5.07. The zero-order chi connectivity index (χ0) is 19.7. The molecule has 1 aromatic carbocycles. The summed E-state index contributed by atoms with van der Waals surface area (Å²) < 4.78 is 0. The molecule has 1 atom stereocenters. The first-order chi connectivity index (χ1) is 13.5. The highest BCUT2D eigenvalue weighted by Gasteiger charge is 2.53. The van der Waals surface area contributed by atoms with E-state index in [-0.39, 0.29) is 29.8 Å². The largest absolute Gasteiger partial charge is 0.352 e. The zero-order valence-electron chi connectivity index (χ0n) is 16.5. The van der Waals surface area contributed by atoms with Gasteiger partial charge < -0.3 is 15.1 Å². The Bertz CT molecular complexity index is 750. The van der Waals surface area contributed by atoms with Crippen molar-refractivity contribution in [3.63, 3.8) is 0 Å². The molecule has 0 radical (unpaired) electrons. The summed E-state index contributed by atoms with van der Waals surface area (Å²) in [4.78, 5) is 41.9. The fourth-order valence-electron chi connectivity index (χ4n) is 5.07. The van der Waals surface area contributed by atoms with E-state index in [1.165, 1.54) is 12.8 Å². The molecule has 1 aliphatic carbocycles. The van der Waals surface area contributed by atoms with Gasteiger partial charge in [-0.2, -0.15) is 0 Å². The lowest BCUT2D eigenvalue weighted by molar-refractivity contribution is -0.139. The minimum atomic E-state index is -0.500. The Morgan fingerprint density at radius 2 is 1.71 bits per heavy atom. The molecule has 1 N–H and O–H groups in total. The van der Waals surface area contributed by atoms with Gasteiger partial charge in [0.05, 0.1) is 5.41 Å². The summed E-state index contributed by atoms with van der Waals surface area (Å²) in [7, 11) is 1.75. The second kappa shape index (κ2) is 7.57. The third-order valence-electron chi connectivity index (χ3n) is 6.86. The highest BCUT2D eigenvalue weighted by Crippen LogP contribution is 2.44. The van der Waals surface area contributed by atoms with Crippen molar-refractivity contribution in [2.45, 2.75) is 57.0 Å². The molecule has 1 unspecified atom stereocenters. The monoisotopic (exact) mass is 383 g/mol. The van der Waals surface area contributed by atoms with E-state index in [1.54, 1.807) is 11.9 Å². The Labute approximate surface area is 166 Å². The molecule has 150 valence electrons. The van der Waals surface area contributed by atoms with Crippen LogP contribution < -0.4 is 5.32 Å². The lowest BCUT2D eigenvalue weighted by atomic mass is 9.75. The molecule has 3 aliphatic rings. The van der Waals surface area contributed by atoms with Crippen LogP contribution in [0.15, 0.2) is 30.3 Å². The van der Waals surface area contributed by atoms with Gasteiger partial charge in [0, 0.05) is 31.7 Å². The molecule has 2 heterocycles. The molecule has 1 spiro atoms. The molecule has 6 nitrogen and oxygen atoms in total. The number of hydrogen-bond donors (Lipinski definition) is 1. The number of likely N-dealkylation sites (tertiary alicyclic amines) is 2. The van der Waals surface area contributed by atoms with E-state index in [2.05, 4.69) is 5.32 Å². The average molecular weight is 383 g/mol. The number of nitrogens with one attached hydrogen (secondary N) is 1. The van der Waals surface area contributed by atoms with Crippen LogP contribution in [0, 0.1) is 5.41 Å². The lowest BCUT2D eigenvalue weighted by Crippen LogP contribution is -2.46. The predicted molar refractivity (Wildman–Crippen MR) is 106 cm³/mol. The maximum Gasteiger partial charge on any atom is 0.253 e. The molecule has 2 aliphatic heterocycles. The van der Waals surface area contributed by atoms with Crippen LogP contribution in [0.1, 0.15) is 55.3 Å². The number of carbonyl (C=O) groups is 3. The van der Waals surface area contributed by atoms with Crippen molar-refractivity contribution in [3.8, 4) is 0 Å². The van der Waals surface area contributed by atoms with Gasteiger partial charge in [-0.3, -0.25) is 14.4 Å². The second-order valence-corrected chi connectivity index (χ2v) is 8.56. The molecule has 4 rings (SSSR count).